The molecular formula is C44H36N4. The molecule has 4 heteroatoms. The predicted molar refractivity (Wildman–Crippen MR) is 195 cm³/mol. The maximum atomic E-state index is 10.6. The van der Waals surface area contributed by atoms with Crippen molar-refractivity contribution in [1.82, 2.24) is 10.6 Å². The van der Waals surface area contributed by atoms with Gasteiger partial charge in [-0.25, -0.2) is 0 Å². The van der Waals surface area contributed by atoms with Crippen LogP contribution in [0.3, 0.4) is 0 Å². The first-order chi connectivity index (χ1) is 23.7. The van der Waals surface area contributed by atoms with Crippen molar-refractivity contribution in [3.05, 3.63) is 214 Å². The number of nitriles is 2. The smallest absolute Gasteiger partial charge is 0.102 e. The fourth-order valence-corrected chi connectivity index (χ4v) is 5.88. The molecule has 0 unspecified atom stereocenters. The van der Waals surface area contributed by atoms with Gasteiger partial charge in [0.05, 0.1) is 16.8 Å². The first kappa shape index (κ1) is 31.6. The summed E-state index contributed by atoms with van der Waals surface area (Å²) in [4.78, 5) is 0. The normalized spacial score (nSPS) is 11.3. The molecule has 0 radical (unpaired) electrons. The van der Waals surface area contributed by atoms with Crippen LogP contribution in [0.15, 0.2) is 180 Å². The van der Waals surface area contributed by atoms with Crippen molar-refractivity contribution in [3.8, 4) is 12.1 Å². The second-order valence-corrected chi connectivity index (χ2v) is 11.7. The standard InChI is InChI=1S/C44H36N4/c1-32(40(28-45)42(35-17-6-2-7-18-35)36-19-8-3-9-20-36)47-30-33-15-14-16-34(27-33)31-48-44(39-25-26-39)41(29-46)43(37-21-10-4-11-22-37)38-23-12-5-13-24-38/h2-24,27,47-48H,1,25-26,30-31H2. The number of hydrogen-bond acceptors (Lipinski definition) is 4. The summed E-state index contributed by atoms with van der Waals surface area (Å²) in [6.45, 7) is 5.36. The molecular weight excluding hydrogens is 585 g/mol. The minimum absolute atomic E-state index is 0.509. The molecule has 0 aliphatic heterocycles. The molecule has 1 aliphatic rings. The van der Waals surface area contributed by atoms with E-state index >= 15 is 0 Å². The van der Waals surface area contributed by atoms with E-state index in [0.29, 0.717) is 29.9 Å². The van der Waals surface area contributed by atoms with E-state index in [1.165, 1.54) is 5.57 Å². The molecule has 6 rings (SSSR count). The molecule has 0 aromatic heterocycles. The summed E-state index contributed by atoms with van der Waals surface area (Å²) in [7, 11) is 0. The van der Waals surface area contributed by atoms with Gasteiger partial charge in [0, 0.05) is 29.9 Å². The molecule has 1 aliphatic carbocycles. The van der Waals surface area contributed by atoms with Gasteiger partial charge in [-0.05, 0) is 51.8 Å². The third kappa shape index (κ3) is 7.53. The Morgan fingerprint density at radius 3 is 1.31 bits per heavy atom. The highest BCUT2D eigenvalue weighted by Gasteiger charge is 2.24. The summed E-state index contributed by atoms with van der Waals surface area (Å²) in [6.07, 6.45) is 1.97. The van der Waals surface area contributed by atoms with Crippen molar-refractivity contribution in [3.63, 3.8) is 0 Å². The van der Waals surface area contributed by atoms with Gasteiger partial charge >= 0.3 is 0 Å². The number of hydrogen-bond donors (Lipinski definition) is 2. The molecule has 2 N–H and O–H groups in total. The second-order valence-electron chi connectivity index (χ2n) is 11.7. The summed E-state index contributed by atoms with van der Waals surface area (Å²) in [5, 5.41) is 27.9. The molecule has 4 nitrogen and oxygen atoms in total. The molecule has 0 heterocycles. The Bertz CT molecular complexity index is 1990. The Labute approximate surface area is 283 Å². The van der Waals surface area contributed by atoms with Crippen LogP contribution in [-0.4, -0.2) is 0 Å². The molecule has 0 amide bonds. The van der Waals surface area contributed by atoms with E-state index in [0.717, 1.165) is 63.1 Å². The zero-order chi connectivity index (χ0) is 33.1. The lowest BCUT2D eigenvalue weighted by Gasteiger charge is -2.17. The number of allylic oxidation sites excluding steroid dienone is 3. The van der Waals surface area contributed by atoms with Gasteiger partial charge in [0.25, 0.3) is 0 Å². The molecule has 1 saturated carbocycles. The lowest BCUT2D eigenvalue weighted by Crippen LogP contribution is -2.17. The average Bonchev–Trinajstić information content (AvgIpc) is 4.00. The average molecular weight is 621 g/mol. The maximum Gasteiger partial charge on any atom is 0.102 e. The van der Waals surface area contributed by atoms with Gasteiger partial charge in [0.15, 0.2) is 0 Å². The SMILES string of the molecule is C=C(NCc1cccc(CNC(=C2CC2)C(C#N)=C(c2ccccc2)c2ccccc2)c1)C(C#N)=C(c1ccccc1)c1ccccc1. The van der Waals surface area contributed by atoms with E-state index in [9.17, 15) is 10.5 Å². The summed E-state index contributed by atoms with van der Waals surface area (Å²) in [5.74, 6) is 0. The molecule has 5 aromatic carbocycles. The highest BCUT2D eigenvalue weighted by atomic mass is 14.9. The number of nitrogens with one attached hydrogen (secondary N) is 2. The van der Waals surface area contributed by atoms with Gasteiger partial charge in [-0.2, -0.15) is 10.5 Å². The monoisotopic (exact) mass is 620 g/mol. The van der Waals surface area contributed by atoms with Crippen LogP contribution in [0.4, 0.5) is 0 Å². The van der Waals surface area contributed by atoms with Crippen molar-refractivity contribution < 1.29 is 0 Å². The van der Waals surface area contributed by atoms with Crippen LogP contribution >= 0.6 is 0 Å². The molecule has 0 saturated heterocycles. The summed E-state index contributed by atoms with van der Waals surface area (Å²) in [6, 6.07) is 53.6. The molecule has 0 bridgehead atoms. The molecule has 1 fully saturated rings. The Balaban J connectivity index is 1.22. The zero-order valence-electron chi connectivity index (χ0n) is 26.8. The topological polar surface area (TPSA) is 71.6 Å². The highest BCUT2D eigenvalue weighted by molar-refractivity contribution is 5.88. The third-order valence-corrected chi connectivity index (χ3v) is 8.35. The summed E-state index contributed by atoms with van der Waals surface area (Å²) >= 11 is 0. The lowest BCUT2D eigenvalue weighted by atomic mass is 9.91. The van der Waals surface area contributed by atoms with Gasteiger partial charge in [-0.15, -0.1) is 0 Å². The van der Waals surface area contributed by atoms with Crippen molar-refractivity contribution in [2.24, 2.45) is 0 Å². The van der Waals surface area contributed by atoms with Crippen molar-refractivity contribution >= 4 is 11.1 Å². The summed E-state index contributed by atoms with van der Waals surface area (Å²) in [5.41, 5.74) is 11.9. The number of benzene rings is 5. The lowest BCUT2D eigenvalue weighted by molar-refractivity contribution is 0.805. The molecule has 0 spiro atoms. The largest absolute Gasteiger partial charge is 0.380 e. The highest BCUT2D eigenvalue weighted by Crippen LogP contribution is 2.38. The fraction of sp³-hybridized carbons (Fsp3) is 0.0909. The van der Waals surface area contributed by atoms with Crippen molar-refractivity contribution in [2.45, 2.75) is 25.9 Å². The Kier molecular flexibility index (Phi) is 10.1. The first-order valence-corrected chi connectivity index (χ1v) is 16.1. The van der Waals surface area contributed by atoms with Gasteiger partial charge in [-0.3, -0.25) is 0 Å². The second kappa shape index (κ2) is 15.3. The van der Waals surface area contributed by atoms with Crippen LogP contribution in [0.5, 0.6) is 0 Å². The zero-order valence-corrected chi connectivity index (χ0v) is 26.8. The summed E-state index contributed by atoms with van der Waals surface area (Å²) < 4.78 is 0. The van der Waals surface area contributed by atoms with Crippen LogP contribution in [-0.2, 0) is 13.1 Å². The van der Waals surface area contributed by atoms with Gasteiger partial charge in [0.2, 0.25) is 0 Å². The third-order valence-electron chi connectivity index (χ3n) is 8.35. The maximum absolute atomic E-state index is 10.6. The van der Waals surface area contributed by atoms with Crippen LogP contribution in [0, 0.1) is 22.7 Å². The molecule has 5 aromatic rings. The van der Waals surface area contributed by atoms with Crippen LogP contribution < -0.4 is 10.6 Å². The first-order valence-electron chi connectivity index (χ1n) is 16.1. The van der Waals surface area contributed by atoms with E-state index in [2.05, 4.69) is 71.8 Å². The minimum Gasteiger partial charge on any atom is -0.380 e. The molecule has 0 atom stereocenters. The van der Waals surface area contributed by atoms with E-state index < -0.39 is 0 Å². The minimum atomic E-state index is 0.509. The number of nitrogens with zero attached hydrogens (tertiary/aromatic N) is 2. The van der Waals surface area contributed by atoms with Crippen molar-refractivity contribution in [2.75, 3.05) is 0 Å². The van der Waals surface area contributed by atoms with Gasteiger partial charge in [-0.1, -0.05) is 152 Å². The van der Waals surface area contributed by atoms with E-state index in [1.54, 1.807) is 0 Å². The Hall–Kier alpha value is -6.36. The van der Waals surface area contributed by atoms with Crippen molar-refractivity contribution in [1.29, 1.82) is 10.5 Å². The van der Waals surface area contributed by atoms with E-state index in [1.807, 2.05) is 103 Å². The van der Waals surface area contributed by atoms with Gasteiger partial charge < -0.3 is 10.6 Å². The van der Waals surface area contributed by atoms with Crippen LogP contribution in [0.1, 0.15) is 46.2 Å². The number of rotatable bonds is 12. The van der Waals surface area contributed by atoms with Gasteiger partial charge in [0.1, 0.15) is 12.1 Å². The predicted octanol–water partition coefficient (Wildman–Crippen LogP) is 9.48. The quantitative estimate of drug-likeness (QED) is 0.108. The van der Waals surface area contributed by atoms with Crippen LogP contribution in [0.25, 0.3) is 11.1 Å². The Morgan fingerprint density at radius 1 is 0.521 bits per heavy atom. The van der Waals surface area contributed by atoms with E-state index in [4.69, 9.17) is 0 Å². The fourth-order valence-electron chi connectivity index (χ4n) is 5.88. The van der Waals surface area contributed by atoms with Crippen LogP contribution in [0.2, 0.25) is 0 Å². The molecule has 232 valence electrons. The molecule has 48 heavy (non-hydrogen) atoms. The van der Waals surface area contributed by atoms with E-state index in [-0.39, 0.29) is 0 Å². The Morgan fingerprint density at radius 2 is 0.917 bits per heavy atom.